The Morgan fingerprint density at radius 3 is 2.62 bits per heavy atom. The predicted octanol–water partition coefficient (Wildman–Crippen LogP) is 2.57. The van der Waals surface area contributed by atoms with Crippen molar-refractivity contribution >= 4 is 10.8 Å². The van der Waals surface area contributed by atoms with Crippen molar-refractivity contribution in [3.8, 4) is 0 Å². The lowest BCUT2D eigenvalue weighted by Gasteiger charge is -2.05. The van der Waals surface area contributed by atoms with Gasteiger partial charge in [0.25, 0.3) is 0 Å². The zero-order valence-electron chi connectivity index (χ0n) is 8.04. The van der Waals surface area contributed by atoms with Crippen LogP contribution in [0.3, 0.4) is 0 Å². The Balaban J connectivity index is 2.37. The molecule has 1 atom stereocenters. The summed E-state index contributed by atoms with van der Waals surface area (Å²) in [5.74, 6) is 0. The first-order valence-corrected chi connectivity index (χ1v) is 5.87. The molecule has 0 aromatic heterocycles. The van der Waals surface area contributed by atoms with E-state index < -0.39 is 10.8 Å². The third-order valence-electron chi connectivity index (χ3n) is 2.39. The van der Waals surface area contributed by atoms with Crippen LogP contribution in [0.15, 0.2) is 23.1 Å². The van der Waals surface area contributed by atoms with Gasteiger partial charge in [-0.1, -0.05) is 12.1 Å². The standard InChI is InChI=1S/C11H14OS/c1-8-3-4-9(2)11(7-8)13(12)10-5-6-10/h3-4,7,10H,5-6H2,1-2H3. The van der Waals surface area contributed by atoms with E-state index in [2.05, 4.69) is 18.2 Å². The number of hydrogen-bond donors (Lipinski definition) is 0. The van der Waals surface area contributed by atoms with E-state index in [0.717, 1.165) is 23.3 Å². The molecule has 2 rings (SSSR count). The first-order valence-electron chi connectivity index (χ1n) is 4.66. The van der Waals surface area contributed by atoms with E-state index in [-0.39, 0.29) is 0 Å². The molecular weight excluding hydrogens is 180 g/mol. The van der Waals surface area contributed by atoms with Crippen LogP contribution in [-0.4, -0.2) is 9.46 Å². The van der Waals surface area contributed by atoms with Gasteiger partial charge in [-0.05, 0) is 43.9 Å². The third kappa shape index (κ3) is 1.83. The lowest BCUT2D eigenvalue weighted by molar-refractivity contribution is 0.682. The van der Waals surface area contributed by atoms with Gasteiger partial charge >= 0.3 is 0 Å². The van der Waals surface area contributed by atoms with Crippen molar-refractivity contribution in [1.82, 2.24) is 0 Å². The first kappa shape index (κ1) is 8.95. The average molecular weight is 194 g/mol. The molecule has 0 heterocycles. The minimum Gasteiger partial charge on any atom is -0.254 e. The van der Waals surface area contributed by atoms with Crippen LogP contribution in [0.1, 0.15) is 24.0 Å². The van der Waals surface area contributed by atoms with Crippen molar-refractivity contribution in [3.05, 3.63) is 29.3 Å². The van der Waals surface area contributed by atoms with Crippen molar-refractivity contribution in [2.24, 2.45) is 0 Å². The van der Waals surface area contributed by atoms with Crippen LogP contribution in [0, 0.1) is 13.8 Å². The Bertz CT molecular complexity index is 353. The van der Waals surface area contributed by atoms with Crippen molar-refractivity contribution in [2.75, 3.05) is 0 Å². The Morgan fingerprint density at radius 1 is 1.31 bits per heavy atom. The first-order chi connectivity index (χ1) is 6.18. The highest BCUT2D eigenvalue weighted by atomic mass is 32.2. The molecule has 2 heteroatoms. The molecule has 1 fully saturated rings. The largest absolute Gasteiger partial charge is 0.254 e. The maximum atomic E-state index is 11.9. The molecule has 70 valence electrons. The molecule has 1 aliphatic carbocycles. The monoisotopic (exact) mass is 194 g/mol. The Hall–Kier alpha value is -0.630. The number of rotatable bonds is 2. The fourth-order valence-electron chi connectivity index (χ4n) is 1.39. The minimum absolute atomic E-state index is 0.445. The summed E-state index contributed by atoms with van der Waals surface area (Å²) in [6.45, 7) is 4.09. The summed E-state index contributed by atoms with van der Waals surface area (Å²) in [6, 6.07) is 6.19. The van der Waals surface area contributed by atoms with Crippen LogP contribution in [0.5, 0.6) is 0 Å². The van der Waals surface area contributed by atoms with E-state index in [1.165, 1.54) is 5.56 Å². The molecular formula is C11H14OS. The summed E-state index contributed by atoms with van der Waals surface area (Å²) >= 11 is 0. The topological polar surface area (TPSA) is 17.1 Å². The van der Waals surface area contributed by atoms with Crippen LogP contribution in [-0.2, 0) is 10.8 Å². The number of benzene rings is 1. The molecule has 0 aliphatic heterocycles. The van der Waals surface area contributed by atoms with Crippen LogP contribution in [0.25, 0.3) is 0 Å². The lowest BCUT2D eigenvalue weighted by Crippen LogP contribution is -2.00. The van der Waals surface area contributed by atoms with Crippen LogP contribution >= 0.6 is 0 Å². The van der Waals surface area contributed by atoms with E-state index in [1.54, 1.807) is 0 Å². The van der Waals surface area contributed by atoms with Gasteiger partial charge in [0.1, 0.15) is 0 Å². The molecule has 13 heavy (non-hydrogen) atoms. The van der Waals surface area contributed by atoms with E-state index >= 15 is 0 Å². The molecule has 1 nitrogen and oxygen atoms in total. The van der Waals surface area contributed by atoms with E-state index in [4.69, 9.17) is 0 Å². The molecule has 0 amide bonds. The average Bonchev–Trinajstić information content (AvgIpc) is 2.91. The quantitative estimate of drug-likeness (QED) is 0.707. The Morgan fingerprint density at radius 2 is 2.00 bits per heavy atom. The summed E-state index contributed by atoms with van der Waals surface area (Å²) < 4.78 is 11.9. The van der Waals surface area contributed by atoms with Gasteiger partial charge in [0.2, 0.25) is 0 Å². The molecule has 1 aromatic carbocycles. The fourth-order valence-corrected chi connectivity index (χ4v) is 3.00. The molecule has 1 aromatic rings. The summed E-state index contributed by atoms with van der Waals surface area (Å²) in [5.41, 5.74) is 2.37. The summed E-state index contributed by atoms with van der Waals surface area (Å²) in [6.07, 6.45) is 2.28. The van der Waals surface area contributed by atoms with Crippen LogP contribution in [0.4, 0.5) is 0 Å². The maximum absolute atomic E-state index is 11.9. The minimum atomic E-state index is -0.746. The molecule has 1 aliphatic rings. The van der Waals surface area contributed by atoms with Crippen molar-refractivity contribution in [1.29, 1.82) is 0 Å². The van der Waals surface area contributed by atoms with Gasteiger partial charge in [-0.3, -0.25) is 4.21 Å². The Kier molecular flexibility index (Phi) is 2.24. The molecule has 0 spiro atoms. The van der Waals surface area contributed by atoms with Crippen molar-refractivity contribution in [3.63, 3.8) is 0 Å². The third-order valence-corrected chi connectivity index (χ3v) is 4.34. The van der Waals surface area contributed by atoms with E-state index in [1.807, 2.05) is 13.8 Å². The van der Waals surface area contributed by atoms with Gasteiger partial charge in [-0.25, -0.2) is 0 Å². The van der Waals surface area contributed by atoms with E-state index in [9.17, 15) is 4.21 Å². The van der Waals surface area contributed by atoms with Gasteiger partial charge in [-0.15, -0.1) is 0 Å². The highest BCUT2D eigenvalue weighted by Gasteiger charge is 2.29. The molecule has 0 saturated heterocycles. The lowest BCUT2D eigenvalue weighted by atomic mass is 10.2. The molecule has 1 unspecified atom stereocenters. The van der Waals surface area contributed by atoms with Crippen LogP contribution < -0.4 is 0 Å². The fraction of sp³-hybridized carbons (Fsp3) is 0.455. The predicted molar refractivity (Wildman–Crippen MR) is 55.3 cm³/mol. The number of hydrogen-bond acceptors (Lipinski definition) is 1. The molecule has 0 bridgehead atoms. The van der Waals surface area contributed by atoms with Gasteiger partial charge in [0.15, 0.2) is 0 Å². The zero-order chi connectivity index (χ0) is 9.42. The van der Waals surface area contributed by atoms with Gasteiger partial charge < -0.3 is 0 Å². The normalized spacial score (nSPS) is 18.6. The Labute approximate surface area is 81.6 Å². The molecule has 1 saturated carbocycles. The second kappa shape index (κ2) is 3.26. The van der Waals surface area contributed by atoms with Crippen LogP contribution in [0.2, 0.25) is 0 Å². The molecule has 0 radical (unpaired) electrons. The highest BCUT2D eigenvalue weighted by molar-refractivity contribution is 7.86. The smallest absolute Gasteiger partial charge is 0.0563 e. The van der Waals surface area contributed by atoms with E-state index in [0.29, 0.717) is 5.25 Å². The summed E-state index contributed by atoms with van der Waals surface area (Å²) in [7, 11) is -0.746. The van der Waals surface area contributed by atoms with Crippen molar-refractivity contribution in [2.45, 2.75) is 36.8 Å². The summed E-state index contributed by atoms with van der Waals surface area (Å²) in [4.78, 5) is 1.04. The zero-order valence-corrected chi connectivity index (χ0v) is 8.86. The van der Waals surface area contributed by atoms with Crippen molar-refractivity contribution < 1.29 is 4.21 Å². The van der Waals surface area contributed by atoms with Gasteiger partial charge in [-0.2, -0.15) is 0 Å². The highest BCUT2D eigenvalue weighted by Crippen LogP contribution is 2.31. The SMILES string of the molecule is Cc1ccc(C)c(S(=O)C2CC2)c1. The second-order valence-corrected chi connectivity index (χ2v) is 5.47. The second-order valence-electron chi connectivity index (χ2n) is 3.77. The number of aryl methyl sites for hydroxylation is 2. The maximum Gasteiger partial charge on any atom is 0.0563 e. The van der Waals surface area contributed by atoms with Gasteiger partial charge in [0, 0.05) is 10.1 Å². The van der Waals surface area contributed by atoms with Gasteiger partial charge in [0.05, 0.1) is 10.8 Å². The summed E-state index contributed by atoms with van der Waals surface area (Å²) in [5, 5.41) is 0.445. The molecule has 0 N–H and O–H groups in total.